The molecule has 5 rings (SSSR count). The number of para-hydroxylation sites is 1. The summed E-state index contributed by atoms with van der Waals surface area (Å²) >= 11 is 0. The highest BCUT2D eigenvalue weighted by Crippen LogP contribution is 2.34. The first-order chi connectivity index (χ1) is 14.3. The van der Waals surface area contributed by atoms with E-state index in [1.54, 1.807) is 0 Å². The van der Waals surface area contributed by atoms with Gasteiger partial charge in [-0.25, -0.2) is 9.97 Å². The van der Waals surface area contributed by atoms with Gasteiger partial charge in [0.2, 0.25) is 0 Å². The van der Waals surface area contributed by atoms with Gasteiger partial charge in [0.15, 0.2) is 5.82 Å². The van der Waals surface area contributed by atoms with Crippen molar-refractivity contribution >= 4 is 17.3 Å². The van der Waals surface area contributed by atoms with Crippen molar-refractivity contribution in [3.8, 4) is 11.4 Å². The number of likely N-dealkylation sites (N-methyl/N-ethyl adjacent to an activating group) is 1. The van der Waals surface area contributed by atoms with E-state index in [-0.39, 0.29) is 0 Å². The molecule has 2 aliphatic rings. The van der Waals surface area contributed by atoms with Crippen molar-refractivity contribution < 1.29 is 0 Å². The highest BCUT2D eigenvalue weighted by molar-refractivity contribution is 5.70. The van der Waals surface area contributed by atoms with Crippen LogP contribution in [0.5, 0.6) is 0 Å². The lowest BCUT2D eigenvalue weighted by atomic mass is 10.0. The third-order valence-electron chi connectivity index (χ3n) is 5.95. The van der Waals surface area contributed by atoms with E-state index in [9.17, 15) is 0 Å². The minimum absolute atomic E-state index is 0.806. The predicted molar refractivity (Wildman–Crippen MR) is 119 cm³/mol. The summed E-state index contributed by atoms with van der Waals surface area (Å²) in [4.78, 5) is 17.1. The molecule has 0 N–H and O–H groups in total. The third-order valence-corrected chi connectivity index (χ3v) is 5.95. The van der Waals surface area contributed by atoms with Crippen molar-refractivity contribution in [2.24, 2.45) is 0 Å². The maximum Gasteiger partial charge on any atom is 0.163 e. The number of anilines is 3. The molecule has 0 unspecified atom stereocenters. The number of nitrogens with zero attached hydrogens (tertiary/aromatic N) is 5. The predicted octanol–water partition coefficient (Wildman–Crippen LogP) is 3.98. The molecule has 1 aromatic heterocycles. The summed E-state index contributed by atoms with van der Waals surface area (Å²) in [6, 6.07) is 21.2. The Labute approximate surface area is 172 Å². The molecule has 1 saturated heterocycles. The monoisotopic (exact) mass is 385 g/mol. The van der Waals surface area contributed by atoms with Gasteiger partial charge in [-0.1, -0.05) is 48.5 Å². The van der Waals surface area contributed by atoms with Crippen molar-refractivity contribution in [1.82, 2.24) is 14.9 Å². The van der Waals surface area contributed by atoms with Gasteiger partial charge >= 0.3 is 0 Å². The number of aromatic nitrogens is 2. The lowest BCUT2D eigenvalue weighted by Crippen LogP contribution is -2.45. The molecule has 29 heavy (non-hydrogen) atoms. The Morgan fingerprint density at radius 3 is 2.31 bits per heavy atom. The van der Waals surface area contributed by atoms with Crippen molar-refractivity contribution in [2.75, 3.05) is 49.6 Å². The van der Waals surface area contributed by atoms with Gasteiger partial charge < -0.3 is 14.7 Å². The summed E-state index contributed by atoms with van der Waals surface area (Å²) in [5.41, 5.74) is 3.75. The van der Waals surface area contributed by atoms with Crippen molar-refractivity contribution in [1.29, 1.82) is 0 Å². The van der Waals surface area contributed by atoms with E-state index < -0.39 is 0 Å². The Morgan fingerprint density at radius 1 is 0.759 bits per heavy atom. The van der Waals surface area contributed by atoms with Crippen LogP contribution in [0.15, 0.2) is 60.7 Å². The molecule has 3 aromatic rings. The Hall–Kier alpha value is -2.92. The van der Waals surface area contributed by atoms with Crippen LogP contribution in [0.2, 0.25) is 0 Å². The van der Waals surface area contributed by atoms with Crippen LogP contribution in [0.4, 0.5) is 17.3 Å². The van der Waals surface area contributed by atoms with Crippen molar-refractivity contribution in [3.63, 3.8) is 0 Å². The second-order valence-electron chi connectivity index (χ2n) is 7.95. The number of aryl methyl sites for hydroxylation is 1. The second-order valence-corrected chi connectivity index (χ2v) is 7.95. The van der Waals surface area contributed by atoms with E-state index in [4.69, 9.17) is 9.97 Å². The van der Waals surface area contributed by atoms with Gasteiger partial charge in [0, 0.05) is 50.0 Å². The Balaban J connectivity index is 1.59. The highest BCUT2D eigenvalue weighted by Gasteiger charge is 2.23. The Morgan fingerprint density at radius 2 is 1.48 bits per heavy atom. The van der Waals surface area contributed by atoms with Gasteiger partial charge in [-0.2, -0.15) is 0 Å². The molecule has 0 atom stereocenters. The van der Waals surface area contributed by atoms with Crippen LogP contribution in [-0.4, -0.2) is 54.6 Å². The van der Waals surface area contributed by atoms with Crippen molar-refractivity contribution in [2.45, 2.75) is 12.8 Å². The minimum Gasteiger partial charge on any atom is -0.354 e. The summed E-state index contributed by atoms with van der Waals surface area (Å²) < 4.78 is 0. The van der Waals surface area contributed by atoms with E-state index in [0.29, 0.717) is 0 Å². The van der Waals surface area contributed by atoms with Gasteiger partial charge in [0.05, 0.1) is 0 Å². The normalized spacial score (nSPS) is 17.3. The van der Waals surface area contributed by atoms with E-state index in [0.717, 1.165) is 68.6 Å². The molecule has 0 radical (unpaired) electrons. The molecule has 0 saturated carbocycles. The fraction of sp³-hybridized carbons (Fsp3) is 0.333. The summed E-state index contributed by atoms with van der Waals surface area (Å²) in [7, 11) is 2.18. The zero-order valence-corrected chi connectivity index (χ0v) is 17.0. The number of hydrogen-bond acceptors (Lipinski definition) is 5. The lowest BCUT2D eigenvalue weighted by molar-refractivity contribution is 0.312. The molecule has 0 aliphatic carbocycles. The SMILES string of the molecule is CN1CCN(c2cc(N3CCCc4ccccc43)nc(-c3ccccc3)n2)CC1. The molecular formula is C24H27N5. The van der Waals surface area contributed by atoms with Gasteiger partial charge in [-0.3, -0.25) is 0 Å². The topological polar surface area (TPSA) is 35.5 Å². The molecule has 0 spiro atoms. The standard InChI is InChI=1S/C24H27N5/c1-27-14-16-28(17-15-27)22-18-23(26-24(25-22)20-9-3-2-4-10-20)29-13-7-11-19-8-5-6-12-21(19)29/h2-6,8-10,12,18H,7,11,13-17H2,1H3. The first kappa shape index (κ1) is 18.1. The van der Waals surface area contributed by atoms with E-state index in [1.807, 2.05) is 6.07 Å². The van der Waals surface area contributed by atoms with Crippen LogP contribution in [0.1, 0.15) is 12.0 Å². The minimum atomic E-state index is 0.806. The first-order valence-electron chi connectivity index (χ1n) is 10.5. The molecule has 1 fully saturated rings. The molecule has 148 valence electrons. The van der Waals surface area contributed by atoms with E-state index in [1.165, 1.54) is 11.3 Å². The summed E-state index contributed by atoms with van der Waals surface area (Å²) in [6.07, 6.45) is 2.28. The summed E-state index contributed by atoms with van der Waals surface area (Å²) in [5, 5.41) is 0. The van der Waals surface area contributed by atoms with Crippen LogP contribution in [0, 0.1) is 0 Å². The molecule has 2 aromatic carbocycles. The zero-order chi connectivity index (χ0) is 19.6. The molecule has 5 nitrogen and oxygen atoms in total. The number of piperazine rings is 1. The second kappa shape index (κ2) is 7.84. The molecule has 3 heterocycles. The van der Waals surface area contributed by atoms with Crippen molar-refractivity contribution in [3.05, 3.63) is 66.2 Å². The van der Waals surface area contributed by atoms with E-state index >= 15 is 0 Å². The van der Waals surface area contributed by atoms with Crippen LogP contribution >= 0.6 is 0 Å². The Bertz CT molecular complexity index is 980. The number of rotatable bonds is 3. The number of fused-ring (bicyclic) bond motifs is 1. The molecule has 0 bridgehead atoms. The number of hydrogen-bond donors (Lipinski definition) is 0. The Kier molecular flexibility index (Phi) is 4.90. The molecular weight excluding hydrogens is 358 g/mol. The molecule has 0 amide bonds. The van der Waals surface area contributed by atoms with Gasteiger partial charge in [0.1, 0.15) is 11.6 Å². The smallest absolute Gasteiger partial charge is 0.163 e. The van der Waals surface area contributed by atoms with Crippen LogP contribution in [0.25, 0.3) is 11.4 Å². The average molecular weight is 386 g/mol. The summed E-state index contributed by atoms with van der Waals surface area (Å²) in [5.74, 6) is 2.84. The third kappa shape index (κ3) is 3.70. The molecule has 5 heteroatoms. The van der Waals surface area contributed by atoms with Crippen LogP contribution in [-0.2, 0) is 6.42 Å². The fourth-order valence-corrected chi connectivity index (χ4v) is 4.25. The zero-order valence-electron chi connectivity index (χ0n) is 17.0. The van der Waals surface area contributed by atoms with Crippen LogP contribution < -0.4 is 9.80 Å². The molecule has 2 aliphatic heterocycles. The van der Waals surface area contributed by atoms with Gasteiger partial charge in [0.25, 0.3) is 0 Å². The lowest BCUT2D eigenvalue weighted by Gasteiger charge is -2.35. The largest absolute Gasteiger partial charge is 0.354 e. The maximum atomic E-state index is 5.01. The first-order valence-corrected chi connectivity index (χ1v) is 10.5. The van der Waals surface area contributed by atoms with Crippen LogP contribution in [0.3, 0.4) is 0 Å². The quantitative estimate of drug-likeness (QED) is 0.681. The van der Waals surface area contributed by atoms with Gasteiger partial charge in [-0.15, -0.1) is 0 Å². The maximum absolute atomic E-state index is 5.01. The summed E-state index contributed by atoms with van der Waals surface area (Å²) in [6.45, 7) is 5.11. The highest BCUT2D eigenvalue weighted by atomic mass is 15.3. The van der Waals surface area contributed by atoms with Gasteiger partial charge in [-0.05, 0) is 31.5 Å². The fourth-order valence-electron chi connectivity index (χ4n) is 4.25. The number of benzene rings is 2. The average Bonchev–Trinajstić information content (AvgIpc) is 2.79. The van der Waals surface area contributed by atoms with E-state index in [2.05, 4.69) is 76.3 Å².